The Kier molecular flexibility index (Phi) is 2.62. The SMILES string of the molecule is CCn1c(CN)nc2cc(C(=O)O)ccc21. The second kappa shape index (κ2) is 3.94. The van der Waals surface area contributed by atoms with Crippen LogP contribution in [-0.2, 0) is 13.1 Å². The lowest BCUT2D eigenvalue weighted by Gasteiger charge is -2.03. The zero-order valence-corrected chi connectivity index (χ0v) is 8.97. The van der Waals surface area contributed by atoms with Crippen molar-refractivity contribution in [2.45, 2.75) is 20.0 Å². The molecule has 2 rings (SSSR count). The Morgan fingerprint density at radius 2 is 2.31 bits per heavy atom. The normalized spacial score (nSPS) is 10.9. The minimum Gasteiger partial charge on any atom is -0.478 e. The van der Waals surface area contributed by atoms with Gasteiger partial charge in [-0.1, -0.05) is 0 Å². The van der Waals surface area contributed by atoms with Crippen molar-refractivity contribution in [1.82, 2.24) is 9.55 Å². The molecule has 5 heteroatoms. The molecule has 0 unspecified atom stereocenters. The third-order valence-corrected chi connectivity index (χ3v) is 2.57. The van der Waals surface area contributed by atoms with Gasteiger partial charge in [0.15, 0.2) is 0 Å². The Hall–Kier alpha value is -1.88. The Balaban J connectivity index is 2.67. The average molecular weight is 219 g/mol. The maximum atomic E-state index is 10.8. The number of rotatable bonds is 3. The standard InChI is InChI=1S/C11H13N3O2/c1-2-14-9-4-3-7(11(15)16)5-8(9)13-10(14)6-12/h3-5H,2,6,12H2,1H3,(H,15,16). The molecule has 1 heterocycles. The zero-order chi connectivity index (χ0) is 11.7. The highest BCUT2D eigenvalue weighted by Crippen LogP contribution is 2.17. The first kappa shape index (κ1) is 10.6. The molecule has 1 aromatic carbocycles. The minimum absolute atomic E-state index is 0.247. The van der Waals surface area contributed by atoms with Gasteiger partial charge in [0.2, 0.25) is 0 Å². The lowest BCUT2D eigenvalue weighted by atomic mass is 10.2. The van der Waals surface area contributed by atoms with Crippen molar-refractivity contribution in [2.24, 2.45) is 5.73 Å². The third kappa shape index (κ3) is 1.55. The largest absolute Gasteiger partial charge is 0.478 e. The minimum atomic E-state index is -0.942. The molecule has 0 aliphatic heterocycles. The van der Waals surface area contributed by atoms with Crippen molar-refractivity contribution in [3.05, 3.63) is 29.6 Å². The summed E-state index contributed by atoms with van der Waals surface area (Å²) >= 11 is 0. The summed E-state index contributed by atoms with van der Waals surface area (Å²) in [7, 11) is 0. The summed E-state index contributed by atoms with van der Waals surface area (Å²) in [6, 6.07) is 4.93. The van der Waals surface area contributed by atoms with Gasteiger partial charge in [0.05, 0.1) is 23.1 Å². The molecule has 3 N–H and O–H groups in total. The number of benzene rings is 1. The van der Waals surface area contributed by atoms with E-state index < -0.39 is 5.97 Å². The van der Waals surface area contributed by atoms with Crippen LogP contribution >= 0.6 is 0 Å². The molecule has 0 aliphatic carbocycles. The number of carboxylic acids is 1. The van der Waals surface area contributed by atoms with Crippen LogP contribution in [0.2, 0.25) is 0 Å². The summed E-state index contributed by atoms with van der Waals surface area (Å²) in [6.07, 6.45) is 0. The summed E-state index contributed by atoms with van der Waals surface area (Å²) in [5.41, 5.74) is 7.44. The molecule has 0 bridgehead atoms. The van der Waals surface area contributed by atoms with Gasteiger partial charge in [-0.05, 0) is 25.1 Å². The van der Waals surface area contributed by atoms with Crippen molar-refractivity contribution in [2.75, 3.05) is 0 Å². The highest BCUT2D eigenvalue weighted by atomic mass is 16.4. The number of imidazole rings is 1. The first-order chi connectivity index (χ1) is 7.67. The maximum Gasteiger partial charge on any atom is 0.335 e. The monoisotopic (exact) mass is 219 g/mol. The lowest BCUT2D eigenvalue weighted by Crippen LogP contribution is -2.06. The van der Waals surface area contributed by atoms with E-state index in [1.807, 2.05) is 11.5 Å². The summed E-state index contributed by atoms with van der Waals surface area (Å²) in [6.45, 7) is 3.13. The molecule has 0 radical (unpaired) electrons. The van der Waals surface area contributed by atoms with Gasteiger partial charge in [-0.15, -0.1) is 0 Å². The second-order valence-electron chi connectivity index (χ2n) is 3.49. The van der Waals surface area contributed by atoms with E-state index in [0.29, 0.717) is 12.1 Å². The van der Waals surface area contributed by atoms with Crippen molar-refractivity contribution in [3.63, 3.8) is 0 Å². The van der Waals surface area contributed by atoms with Gasteiger partial charge in [0.25, 0.3) is 0 Å². The lowest BCUT2D eigenvalue weighted by molar-refractivity contribution is 0.0697. The summed E-state index contributed by atoms with van der Waals surface area (Å²) in [4.78, 5) is 15.1. The van der Waals surface area contributed by atoms with Crippen LogP contribution < -0.4 is 5.73 Å². The van der Waals surface area contributed by atoms with Crippen LogP contribution in [-0.4, -0.2) is 20.6 Å². The van der Waals surface area contributed by atoms with Gasteiger partial charge in [-0.3, -0.25) is 0 Å². The molecule has 0 saturated carbocycles. The summed E-state index contributed by atoms with van der Waals surface area (Å²) in [5.74, 6) is -0.165. The van der Waals surface area contributed by atoms with Crippen LogP contribution in [0.15, 0.2) is 18.2 Å². The quantitative estimate of drug-likeness (QED) is 0.813. The number of aryl methyl sites for hydroxylation is 1. The topological polar surface area (TPSA) is 81.1 Å². The van der Waals surface area contributed by atoms with E-state index >= 15 is 0 Å². The highest BCUT2D eigenvalue weighted by molar-refractivity contribution is 5.92. The molecular formula is C11H13N3O2. The number of carbonyl (C=O) groups is 1. The molecule has 0 amide bonds. The second-order valence-corrected chi connectivity index (χ2v) is 3.49. The molecule has 84 valence electrons. The smallest absolute Gasteiger partial charge is 0.335 e. The van der Waals surface area contributed by atoms with Crippen molar-refractivity contribution in [1.29, 1.82) is 0 Å². The van der Waals surface area contributed by atoms with Crippen molar-refractivity contribution < 1.29 is 9.90 Å². The van der Waals surface area contributed by atoms with E-state index in [0.717, 1.165) is 17.9 Å². The zero-order valence-electron chi connectivity index (χ0n) is 8.97. The van der Waals surface area contributed by atoms with E-state index in [9.17, 15) is 4.79 Å². The number of fused-ring (bicyclic) bond motifs is 1. The van der Waals surface area contributed by atoms with E-state index in [1.54, 1.807) is 18.2 Å². The fourth-order valence-electron chi connectivity index (χ4n) is 1.82. The van der Waals surface area contributed by atoms with Crippen LogP contribution in [0.25, 0.3) is 11.0 Å². The molecule has 2 aromatic rings. The Bertz CT molecular complexity index is 545. The molecule has 1 aromatic heterocycles. The number of aromatic nitrogens is 2. The van der Waals surface area contributed by atoms with Gasteiger partial charge >= 0.3 is 5.97 Å². The van der Waals surface area contributed by atoms with Crippen LogP contribution in [0.4, 0.5) is 0 Å². The molecule has 0 spiro atoms. The summed E-state index contributed by atoms with van der Waals surface area (Å²) in [5, 5.41) is 8.88. The number of nitrogens with zero attached hydrogens (tertiary/aromatic N) is 2. The third-order valence-electron chi connectivity index (χ3n) is 2.57. The Morgan fingerprint density at radius 1 is 1.56 bits per heavy atom. The van der Waals surface area contributed by atoms with E-state index in [4.69, 9.17) is 10.8 Å². The Morgan fingerprint density at radius 3 is 2.88 bits per heavy atom. The van der Waals surface area contributed by atoms with E-state index in [-0.39, 0.29) is 5.56 Å². The average Bonchev–Trinajstić information content (AvgIpc) is 2.65. The van der Waals surface area contributed by atoms with E-state index in [2.05, 4.69) is 4.98 Å². The predicted molar refractivity (Wildman–Crippen MR) is 60.3 cm³/mol. The van der Waals surface area contributed by atoms with E-state index in [1.165, 1.54) is 0 Å². The number of carboxylic acid groups (broad SMARTS) is 1. The van der Waals surface area contributed by atoms with Crippen molar-refractivity contribution >= 4 is 17.0 Å². The number of hydrogen-bond donors (Lipinski definition) is 2. The molecule has 0 aliphatic rings. The number of aromatic carboxylic acids is 1. The Labute approximate surface area is 92.5 Å². The van der Waals surface area contributed by atoms with Crippen molar-refractivity contribution in [3.8, 4) is 0 Å². The molecule has 5 nitrogen and oxygen atoms in total. The van der Waals surface area contributed by atoms with Gasteiger partial charge in [0.1, 0.15) is 5.82 Å². The molecule has 0 fully saturated rings. The first-order valence-corrected chi connectivity index (χ1v) is 5.10. The first-order valence-electron chi connectivity index (χ1n) is 5.10. The van der Waals surface area contributed by atoms with Gasteiger partial charge in [-0.2, -0.15) is 0 Å². The van der Waals surface area contributed by atoms with Gasteiger partial charge < -0.3 is 15.4 Å². The molecular weight excluding hydrogens is 206 g/mol. The number of nitrogens with two attached hydrogens (primary N) is 1. The fraction of sp³-hybridized carbons (Fsp3) is 0.273. The van der Waals surface area contributed by atoms with Crippen LogP contribution in [0.5, 0.6) is 0 Å². The molecule has 0 atom stereocenters. The van der Waals surface area contributed by atoms with Crippen LogP contribution in [0.1, 0.15) is 23.1 Å². The maximum absolute atomic E-state index is 10.8. The van der Waals surface area contributed by atoms with Crippen LogP contribution in [0, 0.1) is 0 Å². The molecule has 16 heavy (non-hydrogen) atoms. The highest BCUT2D eigenvalue weighted by Gasteiger charge is 2.10. The van der Waals surface area contributed by atoms with Gasteiger partial charge in [-0.25, -0.2) is 9.78 Å². The summed E-state index contributed by atoms with van der Waals surface area (Å²) < 4.78 is 1.99. The number of hydrogen-bond acceptors (Lipinski definition) is 3. The fourth-order valence-corrected chi connectivity index (χ4v) is 1.82. The van der Waals surface area contributed by atoms with Gasteiger partial charge in [0, 0.05) is 6.54 Å². The molecule has 0 saturated heterocycles. The van der Waals surface area contributed by atoms with Crippen LogP contribution in [0.3, 0.4) is 0 Å². The predicted octanol–water partition coefficient (Wildman–Crippen LogP) is 1.21.